The van der Waals surface area contributed by atoms with Crippen LogP contribution in [0.25, 0.3) is 11.3 Å². The van der Waals surface area contributed by atoms with Crippen molar-refractivity contribution < 1.29 is 25.4 Å². The van der Waals surface area contributed by atoms with E-state index in [0.29, 0.717) is 46.9 Å². The smallest absolute Gasteiger partial charge is 0.262 e. The molecule has 0 aliphatic carbocycles. The van der Waals surface area contributed by atoms with Crippen LogP contribution >= 0.6 is 0 Å². The van der Waals surface area contributed by atoms with E-state index >= 15 is 0 Å². The van der Waals surface area contributed by atoms with Crippen LogP contribution in [0.1, 0.15) is 75.2 Å². The van der Waals surface area contributed by atoms with E-state index in [9.17, 15) is 24.0 Å². The molecule has 0 saturated carbocycles. The monoisotopic (exact) mass is 675 g/mol. The van der Waals surface area contributed by atoms with E-state index in [1.807, 2.05) is 42.5 Å². The molecule has 3 unspecified atom stereocenters. The van der Waals surface area contributed by atoms with Crippen molar-refractivity contribution in [3.63, 3.8) is 0 Å². The standard InChI is InChI=1S/C37H38N8O5/c46-33-10-8-31(35(48)39-33)45-36(49)27-6-5-24(16-29(27)37(45)50)44-20-25-3-4-26(44)19-43(25)18-21-11-13-42(14-12-21)32-9-7-30(40-41-32)22-1-2-23-17-38-34(47)28(23)15-22/h1-2,5-7,9,15-16,21,25-26,31H,3-4,8,10-14,17-20H2,(H,38,47)(H,39,46,48)/i/hD. The zero-order valence-corrected chi connectivity index (χ0v) is 27.6. The van der Waals surface area contributed by atoms with Crippen molar-refractivity contribution in [2.75, 3.05) is 42.5 Å². The number of nitrogens with one attached hydrogen (secondary N) is 2. The fourth-order valence-electron chi connectivity index (χ4n) is 8.73. The number of imide groups is 2. The molecule has 2 N–H and O–H groups in total. The molecule has 5 fully saturated rings. The number of nitrogens with zero attached hydrogens (tertiary/aromatic N) is 6. The minimum atomic E-state index is -0.967. The summed E-state index contributed by atoms with van der Waals surface area (Å²) in [7, 11) is 0. The van der Waals surface area contributed by atoms with Gasteiger partial charge in [-0.3, -0.25) is 39.1 Å². The predicted molar refractivity (Wildman–Crippen MR) is 182 cm³/mol. The number of benzene rings is 2. The Morgan fingerprint density at radius 3 is 2.38 bits per heavy atom. The second kappa shape index (κ2) is 12.0. The Bertz CT molecular complexity index is 1980. The van der Waals surface area contributed by atoms with Crippen molar-refractivity contribution in [1.82, 2.24) is 30.6 Å². The first-order valence-corrected chi connectivity index (χ1v) is 17.6. The summed E-state index contributed by atoms with van der Waals surface area (Å²) in [6.07, 6.45) is 4.59. The molecule has 5 amide bonds. The molecular weight excluding hydrogens is 636 g/mol. The van der Waals surface area contributed by atoms with Crippen LogP contribution in [0.3, 0.4) is 0 Å². The number of carbonyl (C=O) groups is 5. The Kier molecular flexibility index (Phi) is 7.14. The number of piperazine rings is 1. The van der Waals surface area contributed by atoms with E-state index in [1.165, 1.54) is 0 Å². The summed E-state index contributed by atoms with van der Waals surface area (Å²) in [5.41, 5.74) is 4.51. The molecule has 3 atom stereocenters. The maximum atomic E-state index is 13.4. The molecule has 7 aliphatic rings. The van der Waals surface area contributed by atoms with E-state index in [2.05, 4.69) is 30.2 Å². The fourth-order valence-corrected chi connectivity index (χ4v) is 8.73. The van der Waals surface area contributed by atoms with Crippen molar-refractivity contribution in [1.29, 1.82) is 0 Å². The Labute approximate surface area is 290 Å². The second-order valence-electron chi connectivity index (χ2n) is 14.4. The lowest BCUT2D eigenvalue weighted by molar-refractivity contribution is -0.136. The summed E-state index contributed by atoms with van der Waals surface area (Å²) in [6, 6.07) is 14.8. The minimum Gasteiger partial charge on any atom is -0.366 e. The topological polar surface area (TPSA) is 148 Å². The Balaban J connectivity index is 0.802. The number of carbonyl (C=O) groups excluding carboxylic acids is 5. The summed E-state index contributed by atoms with van der Waals surface area (Å²) in [4.78, 5) is 71.4. The lowest BCUT2D eigenvalue weighted by Gasteiger charge is -2.53. The first-order valence-electron chi connectivity index (χ1n) is 18.1. The van der Waals surface area contributed by atoms with Crippen molar-refractivity contribution in [2.24, 2.45) is 5.92 Å². The van der Waals surface area contributed by atoms with Gasteiger partial charge < -0.3 is 15.1 Å². The van der Waals surface area contributed by atoms with Gasteiger partial charge in [0.1, 0.15) is 6.04 Å². The van der Waals surface area contributed by atoms with Crippen LogP contribution in [0.5, 0.6) is 0 Å². The molecule has 7 aliphatic heterocycles. The first-order chi connectivity index (χ1) is 24.7. The highest BCUT2D eigenvalue weighted by molar-refractivity contribution is 6.23. The highest BCUT2D eigenvalue weighted by Crippen LogP contribution is 2.37. The average Bonchev–Trinajstić information content (AvgIpc) is 3.58. The van der Waals surface area contributed by atoms with E-state index in [4.69, 9.17) is 1.41 Å². The minimum absolute atomic E-state index is 0.0975. The predicted octanol–water partition coefficient (Wildman–Crippen LogP) is 2.36. The number of aromatic nitrogens is 2. The van der Waals surface area contributed by atoms with Gasteiger partial charge in [0.25, 0.3) is 17.7 Å². The van der Waals surface area contributed by atoms with Gasteiger partial charge in [-0.1, -0.05) is 12.1 Å². The third-order valence-electron chi connectivity index (χ3n) is 11.5. The second-order valence-corrected chi connectivity index (χ2v) is 14.4. The molecule has 8 heterocycles. The number of hydrogen-bond donors (Lipinski definition) is 2. The molecule has 2 aromatic carbocycles. The fraction of sp³-hybridized carbons (Fsp3) is 0.432. The van der Waals surface area contributed by atoms with Gasteiger partial charge in [0, 0.05) is 74.6 Å². The summed E-state index contributed by atoms with van der Waals surface area (Å²) in [5, 5.41) is 12.2. The maximum absolute atomic E-state index is 13.4. The summed E-state index contributed by atoms with van der Waals surface area (Å²) >= 11 is 0. The molecule has 3 aromatic rings. The molecule has 13 nitrogen and oxygen atoms in total. The van der Waals surface area contributed by atoms with Gasteiger partial charge in [0.2, 0.25) is 11.8 Å². The molecule has 0 spiro atoms. The van der Waals surface area contributed by atoms with Crippen LogP contribution in [0.15, 0.2) is 48.5 Å². The first kappa shape index (κ1) is 29.7. The number of anilines is 2. The Morgan fingerprint density at radius 1 is 0.800 bits per heavy atom. The van der Waals surface area contributed by atoms with Crippen molar-refractivity contribution in [3.8, 4) is 11.3 Å². The molecule has 0 radical (unpaired) electrons. The Hall–Kier alpha value is -5.17. The number of rotatable bonds is 6. The molecular formula is C37H38N8O5. The van der Waals surface area contributed by atoms with E-state index in [-0.39, 0.29) is 24.7 Å². The van der Waals surface area contributed by atoms with Gasteiger partial charge in [-0.15, -0.1) is 10.2 Å². The number of hydrogen-bond acceptors (Lipinski definition) is 10. The van der Waals surface area contributed by atoms with Crippen LogP contribution in [0, 0.1) is 5.92 Å². The molecule has 2 bridgehead atoms. The largest absolute Gasteiger partial charge is 0.366 e. The van der Waals surface area contributed by atoms with Crippen LogP contribution < -0.4 is 20.4 Å². The SMILES string of the molecule is [2H]N1Cc2ccc(-c3ccc(N4CCC(CN5CC6CCC5CN6c5ccc6c(c5)C(=O)N(C5CCC(=O)NC5=O)C6=O)CC4)nn3)cc2C1=O. The molecule has 256 valence electrons. The molecule has 5 saturated heterocycles. The maximum Gasteiger partial charge on any atom is 0.262 e. The lowest BCUT2D eigenvalue weighted by Crippen LogP contribution is -2.63. The third-order valence-corrected chi connectivity index (χ3v) is 11.5. The normalized spacial score (nSPS) is 25.7. The van der Waals surface area contributed by atoms with Crippen molar-refractivity contribution in [2.45, 2.75) is 63.2 Å². The van der Waals surface area contributed by atoms with Crippen molar-refractivity contribution in [3.05, 3.63) is 70.8 Å². The highest BCUT2D eigenvalue weighted by Gasteiger charge is 2.46. The summed E-state index contributed by atoms with van der Waals surface area (Å²) in [6.45, 7) is 5.01. The lowest BCUT2D eigenvalue weighted by atomic mass is 9.87. The quantitative estimate of drug-likeness (QED) is 0.373. The van der Waals surface area contributed by atoms with E-state index in [1.54, 1.807) is 6.07 Å². The molecule has 1 aromatic heterocycles. The van der Waals surface area contributed by atoms with Crippen LogP contribution in [0.4, 0.5) is 11.5 Å². The molecule has 10 rings (SSSR count). The van der Waals surface area contributed by atoms with Gasteiger partial charge in [-0.25, -0.2) is 0 Å². The zero-order valence-electron chi connectivity index (χ0n) is 28.6. The van der Waals surface area contributed by atoms with Gasteiger partial charge in [-0.05, 0) is 80.0 Å². The number of piperidine rings is 4. The zero-order chi connectivity index (χ0) is 35.0. The van der Waals surface area contributed by atoms with Gasteiger partial charge >= 0.3 is 0 Å². The third kappa shape index (κ3) is 5.22. The molecule has 13 heteroatoms. The van der Waals surface area contributed by atoms with E-state index < -0.39 is 23.8 Å². The summed E-state index contributed by atoms with van der Waals surface area (Å²) < 4.78 is 7.77. The Morgan fingerprint density at radius 2 is 1.62 bits per heavy atom. The number of fused-ring (bicyclic) bond motifs is 5. The van der Waals surface area contributed by atoms with E-state index in [0.717, 1.165) is 91.2 Å². The molecule has 50 heavy (non-hydrogen) atoms. The van der Waals surface area contributed by atoms with Crippen molar-refractivity contribution >= 4 is 41.0 Å². The summed E-state index contributed by atoms with van der Waals surface area (Å²) in [5.74, 6) is -0.777. The number of amides is 5. The highest BCUT2D eigenvalue weighted by atomic mass is 16.2. The van der Waals surface area contributed by atoms with Crippen LogP contribution in [0.2, 0.25) is 1.41 Å². The van der Waals surface area contributed by atoms with Gasteiger partial charge in [0.15, 0.2) is 7.23 Å². The average molecular weight is 676 g/mol. The van der Waals surface area contributed by atoms with Gasteiger partial charge in [-0.2, -0.15) is 0 Å². The van der Waals surface area contributed by atoms with Crippen LogP contribution in [-0.4, -0.2) is 100 Å². The van der Waals surface area contributed by atoms with Crippen LogP contribution in [-0.2, 0) is 16.1 Å². The van der Waals surface area contributed by atoms with Gasteiger partial charge in [0.05, 0.1) is 16.8 Å².